The van der Waals surface area contributed by atoms with Crippen molar-refractivity contribution in [2.75, 3.05) is 0 Å². The van der Waals surface area contributed by atoms with Gasteiger partial charge in [-0.25, -0.2) is 0 Å². The lowest BCUT2D eigenvalue weighted by atomic mass is 10.0. The summed E-state index contributed by atoms with van der Waals surface area (Å²) in [4.78, 5) is 0. The van der Waals surface area contributed by atoms with Crippen LogP contribution >= 0.6 is 0 Å². The highest BCUT2D eigenvalue weighted by molar-refractivity contribution is 5.01. The first-order valence-corrected chi connectivity index (χ1v) is 4.46. The van der Waals surface area contributed by atoms with E-state index in [2.05, 4.69) is 20.4 Å². The summed E-state index contributed by atoms with van der Waals surface area (Å²) < 4.78 is 11.4. The molecule has 0 bridgehead atoms. The number of ether oxygens (including phenoxy) is 2. The van der Waals surface area contributed by atoms with Crippen LogP contribution in [0, 0.1) is 5.92 Å². The highest BCUT2D eigenvalue weighted by atomic mass is 16.7. The molecule has 1 saturated heterocycles. The Morgan fingerprint density at radius 3 is 2.33 bits per heavy atom. The maximum Gasteiger partial charge on any atom is 0.161 e. The van der Waals surface area contributed by atoms with Crippen LogP contribution in [0.3, 0.4) is 0 Å². The quantitative estimate of drug-likeness (QED) is 0.592. The van der Waals surface area contributed by atoms with Gasteiger partial charge in [-0.3, -0.25) is 0 Å². The van der Waals surface area contributed by atoms with Crippen LogP contribution in [0.25, 0.3) is 0 Å². The van der Waals surface area contributed by atoms with Crippen molar-refractivity contribution in [1.82, 2.24) is 0 Å². The molecule has 3 atom stereocenters. The Bertz CT molecular complexity index is 177. The van der Waals surface area contributed by atoms with E-state index in [0.29, 0.717) is 5.92 Å². The van der Waals surface area contributed by atoms with Gasteiger partial charge in [-0.15, -0.1) is 6.58 Å². The first-order chi connectivity index (χ1) is 5.49. The van der Waals surface area contributed by atoms with Gasteiger partial charge in [0.05, 0.1) is 6.10 Å². The zero-order valence-electron chi connectivity index (χ0n) is 8.33. The van der Waals surface area contributed by atoms with Gasteiger partial charge in [0.25, 0.3) is 0 Å². The van der Waals surface area contributed by atoms with Gasteiger partial charge in [-0.2, -0.15) is 0 Å². The van der Waals surface area contributed by atoms with Crippen molar-refractivity contribution < 1.29 is 9.47 Å². The predicted octanol–water partition coefficient (Wildman–Crippen LogP) is 2.35. The molecule has 1 heterocycles. The van der Waals surface area contributed by atoms with Crippen LogP contribution < -0.4 is 0 Å². The SMILES string of the molecule is C=C[C@@]1(C)O[C@@H](C(C)C)O[C@H]1C. The fraction of sp³-hybridized carbons (Fsp3) is 0.800. The van der Waals surface area contributed by atoms with Crippen LogP contribution in [0.1, 0.15) is 27.7 Å². The largest absolute Gasteiger partial charge is 0.346 e. The van der Waals surface area contributed by atoms with Gasteiger partial charge in [0.1, 0.15) is 5.60 Å². The van der Waals surface area contributed by atoms with Crippen LogP contribution in [-0.2, 0) is 9.47 Å². The van der Waals surface area contributed by atoms with E-state index in [9.17, 15) is 0 Å². The van der Waals surface area contributed by atoms with Crippen molar-refractivity contribution in [3.63, 3.8) is 0 Å². The second kappa shape index (κ2) is 3.19. The summed E-state index contributed by atoms with van der Waals surface area (Å²) in [5.74, 6) is 0.397. The summed E-state index contributed by atoms with van der Waals surface area (Å²) in [6.45, 7) is 12.0. The first-order valence-electron chi connectivity index (χ1n) is 4.46. The topological polar surface area (TPSA) is 18.5 Å². The van der Waals surface area contributed by atoms with E-state index in [1.807, 2.05) is 19.9 Å². The van der Waals surface area contributed by atoms with E-state index in [4.69, 9.17) is 9.47 Å². The predicted molar refractivity (Wildman–Crippen MR) is 48.9 cm³/mol. The van der Waals surface area contributed by atoms with Crippen molar-refractivity contribution in [2.45, 2.75) is 45.7 Å². The van der Waals surface area contributed by atoms with Gasteiger partial charge in [0, 0.05) is 5.92 Å². The van der Waals surface area contributed by atoms with E-state index in [1.54, 1.807) is 0 Å². The van der Waals surface area contributed by atoms with E-state index in [0.717, 1.165) is 0 Å². The molecule has 1 aliphatic rings. The summed E-state index contributed by atoms with van der Waals surface area (Å²) in [5, 5.41) is 0. The van der Waals surface area contributed by atoms with Gasteiger partial charge in [-0.05, 0) is 13.8 Å². The van der Waals surface area contributed by atoms with Crippen molar-refractivity contribution in [3.8, 4) is 0 Å². The molecule has 1 aliphatic heterocycles. The molecule has 0 aromatic carbocycles. The lowest BCUT2D eigenvalue weighted by Crippen LogP contribution is -2.31. The summed E-state index contributed by atoms with van der Waals surface area (Å²) in [6, 6.07) is 0. The summed E-state index contributed by atoms with van der Waals surface area (Å²) in [7, 11) is 0. The normalized spacial score (nSPS) is 42.1. The zero-order chi connectivity index (χ0) is 9.35. The van der Waals surface area contributed by atoms with Gasteiger partial charge < -0.3 is 9.47 Å². The van der Waals surface area contributed by atoms with E-state index in [1.165, 1.54) is 0 Å². The molecule has 0 saturated carbocycles. The standard InChI is InChI=1S/C10H18O2/c1-6-10(5)8(4)11-9(12-10)7(2)3/h6-9H,1H2,2-5H3/t8-,9-,10+/m0/s1. The zero-order valence-corrected chi connectivity index (χ0v) is 8.33. The Morgan fingerprint density at radius 1 is 1.50 bits per heavy atom. The first kappa shape index (κ1) is 9.75. The average molecular weight is 170 g/mol. The lowest BCUT2D eigenvalue weighted by molar-refractivity contribution is -0.102. The molecule has 70 valence electrons. The van der Waals surface area contributed by atoms with Gasteiger partial charge in [-0.1, -0.05) is 19.9 Å². The second-order valence-electron chi connectivity index (χ2n) is 3.90. The molecular formula is C10H18O2. The molecule has 1 rings (SSSR count). The average Bonchev–Trinajstić information content (AvgIpc) is 2.30. The molecule has 1 fully saturated rings. The van der Waals surface area contributed by atoms with Gasteiger partial charge >= 0.3 is 0 Å². The highest BCUT2D eigenvalue weighted by Gasteiger charge is 2.42. The molecule has 0 N–H and O–H groups in total. The molecular weight excluding hydrogens is 152 g/mol. The Labute approximate surface area is 74.6 Å². The maximum absolute atomic E-state index is 5.73. The van der Waals surface area contributed by atoms with E-state index in [-0.39, 0.29) is 18.0 Å². The monoisotopic (exact) mass is 170 g/mol. The minimum absolute atomic E-state index is 0.0806. The van der Waals surface area contributed by atoms with Crippen LogP contribution in [0.2, 0.25) is 0 Å². The van der Waals surface area contributed by atoms with Crippen LogP contribution in [0.4, 0.5) is 0 Å². The van der Waals surface area contributed by atoms with Crippen LogP contribution in [-0.4, -0.2) is 18.0 Å². The minimum atomic E-state index is -0.311. The Morgan fingerprint density at radius 2 is 2.08 bits per heavy atom. The molecule has 2 nitrogen and oxygen atoms in total. The summed E-state index contributed by atoms with van der Waals surface area (Å²) in [6.07, 6.45) is 1.84. The van der Waals surface area contributed by atoms with E-state index < -0.39 is 0 Å². The Balaban J connectivity index is 2.68. The summed E-state index contributed by atoms with van der Waals surface area (Å²) >= 11 is 0. The third kappa shape index (κ3) is 1.54. The fourth-order valence-corrected chi connectivity index (χ4v) is 1.22. The van der Waals surface area contributed by atoms with Crippen molar-refractivity contribution in [1.29, 1.82) is 0 Å². The van der Waals surface area contributed by atoms with Crippen molar-refractivity contribution >= 4 is 0 Å². The highest BCUT2D eigenvalue weighted by Crippen LogP contribution is 2.33. The van der Waals surface area contributed by atoms with Crippen molar-refractivity contribution in [3.05, 3.63) is 12.7 Å². The fourth-order valence-electron chi connectivity index (χ4n) is 1.22. The maximum atomic E-state index is 5.73. The summed E-state index contributed by atoms with van der Waals surface area (Å²) in [5.41, 5.74) is -0.311. The molecule has 0 aliphatic carbocycles. The molecule has 0 amide bonds. The molecule has 0 aromatic heterocycles. The van der Waals surface area contributed by atoms with Gasteiger partial charge in [0.2, 0.25) is 0 Å². The number of hydrogen-bond donors (Lipinski definition) is 0. The molecule has 0 aromatic rings. The van der Waals surface area contributed by atoms with Crippen LogP contribution in [0.15, 0.2) is 12.7 Å². The number of rotatable bonds is 2. The third-order valence-electron chi connectivity index (χ3n) is 2.47. The molecule has 12 heavy (non-hydrogen) atoms. The van der Waals surface area contributed by atoms with E-state index >= 15 is 0 Å². The Hall–Kier alpha value is -0.340. The minimum Gasteiger partial charge on any atom is -0.346 e. The Kier molecular flexibility index (Phi) is 2.59. The smallest absolute Gasteiger partial charge is 0.161 e. The lowest BCUT2D eigenvalue weighted by Gasteiger charge is -2.21. The van der Waals surface area contributed by atoms with Gasteiger partial charge in [0.15, 0.2) is 6.29 Å². The molecule has 0 spiro atoms. The third-order valence-corrected chi connectivity index (χ3v) is 2.47. The second-order valence-corrected chi connectivity index (χ2v) is 3.90. The number of hydrogen-bond acceptors (Lipinski definition) is 2. The van der Waals surface area contributed by atoms with Crippen LogP contribution in [0.5, 0.6) is 0 Å². The van der Waals surface area contributed by atoms with Crippen molar-refractivity contribution in [2.24, 2.45) is 5.92 Å². The molecule has 0 unspecified atom stereocenters. The molecule has 2 heteroatoms. The molecule has 0 radical (unpaired) electrons.